The van der Waals surface area contributed by atoms with E-state index in [1.165, 1.54) is 6.07 Å². The van der Waals surface area contributed by atoms with Crippen molar-refractivity contribution in [3.63, 3.8) is 0 Å². The molecule has 0 aliphatic carbocycles. The van der Waals surface area contributed by atoms with E-state index < -0.39 is 0 Å². The van der Waals surface area contributed by atoms with Crippen LogP contribution in [0.5, 0.6) is 5.75 Å². The minimum Gasteiger partial charge on any atom is -0.493 e. The molecule has 1 aliphatic heterocycles. The third-order valence-corrected chi connectivity index (χ3v) is 2.38. The maximum absolute atomic E-state index is 13.2. The van der Waals surface area contributed by atoms with E-state index in [1.807, 2.05) is 0 Å². The molecule has 0 amide bonds. The Bertz CT molecular complexity index is 338. The van der Waals surface area contributed by atoms with E-state index in [0.29, 0.717) is 12.2 Å². The highest BCUT2D eigenvalue weighted by molar-refractivity contribution is 5.41. The van der Waals surface area contributed by atoms with Crippen molar-refractivity contribution < 1.29 is 9.13 Å². The fourth-order valence-corrected chi connectivity index (χ4v) is 1.54. The van der Waals surface area contributed by atoms with Crippen molar-refractivity contribution in [3.8, 4) is 5.75 Å². The highest BCUT2D eigenvalue weighted by Gasteiger charge is 2.19. The van der Waals surface area contributed by atoms with Gasteiger partial charge < -0.3 is 10.5 Å². The third-order valence-electron chi connectivity index (χ3n) is 2.38. The second kappa shape index (κ2) is 3.00. The Kier molecular flexibility index (Phi) is 1.96. The fraction of sp³-hybridized carbons (Fsp3) is 0.400. The van der Waals surface area contributed by atoms with Crippen LogP contribution in [0.15, 0.2) is 12.1 Å². The molecule has 0 saturated heterocycles. The summed E-state index contributed by atoms with van der Waals surface area (Å²) in [6.45, 7) is 2.35. The number of hydrogen-bond donors (Lipinski definition) is 1. The summed E-state index contributed by atoms with van der Waals surface area (Å²) in [5, 5.41) is 0. The van der Waals surface area contributed by atoms with Gasteiger partial charge in [-0.15, -0.1) is 0 Å². The summed E-state index contributed by atoms with van der Waals surface area (Å²) in [6, 6.07) is 3.11. The molecule has 0 aromatic heterocycles. The molecule has 0 radical (unpaired) electrons. The van der Waals surface area contributed by atoms with Gasteiger partial charge in [0.2, 0.25) is 0 Å². The molecule has 1 heterocycles. The molecule has 0 bridgehead atoms. The molecule has 2 rings (SSSR count). The lowest BCUT2D eigenvalue weighted by atomic mass is 10.00. The van der Waals surface area contributed by atoms with Crippen LogP contribution >= 0.6 is 0 Å². The predicted molar refractivity (Wildman–Crippen MR) is 48.2 cm³/mol. The van der Waals surface area contributed by atoms with E-state index in [9.17, 15) is 4.39 Å². The Morgan fingerprint density at radius 1 is 1.54 bits per heavy atom. The molecule has 2 nitrogen and oxygen atoms in total. The van der Waals surface area contributed by atoms with Gasteiger partial charge in [0.25, 0.3) is 0 Å². The summed E-state index contributed by atoms with van der Waals surface area (Å²) in [5.41, 5.74) is 7.21. The Morgan fingerprint density at radius 3 is 3.08 bits per heavy atom. The van der Waals surface area contributed by atoms with Gasteiger partial charge in [0, 0.05) is 18.0 Å². The molecular weight excluding hydrogens is 169 g/mol. The third kappa shape index (κ3) is 1.40. The Balaban J connectivity index is 2.52. The van der Waals surface area contributed by atoms with E-state index in [-0.39, 0.29) is 11.9 Å². The van der Waals surface area contributed by atoms with Crippen LogP contribution < -0.4 is 10.5 Å². The number of halogens is 1. The number of ether oxygens (including phenoxy) is 1. The van der Waals surface area contributed by atoms with Gasteiger partial charge in [0.05, 0.1) is 6.61 Å². The topological polar surface area (TPSA) is 35.2 Å². The van der Waals surface area contributed by atoms with Gasteiger partial charge in [0.1, 0.15) is 11.6 Å². The Hall–Kier alpha value is -1.09. The largest absolute Gasteiger partial charge is 0.493 e. The van der Waals surface area contributed by atoms with Gasteiger partial charge in [-0.2, -0.15) is 0 Å². The molecular formula is C10H12FNO. The molecule has 1 aromatic rings. The van der Waals surface area contributed by atoms with Gasteiger partial charge in [-0.25, -0.2) is 4.39 Å². The zero-order valence-electron chi connectivity index (χ0n) is 7.51. The molecule has 70 valence electrons. The molecule has 1 aromatic carbocycles. The molecule has 1 aliphatic rings. The summed E-state index contributed by atoms with van der Waals surface area (Å²) in [5.74, 6) is 0.525. The first kappa shape index (κ1) is 8.51. The molecule has 1 atom stereocenters. The van der Waals surface area contributed by atoms with Crippen molar-refractivity contribution in [1.29, 1.82) is 0 Å². The van der Waals surface area contributed by atoms with Crippen LogP contribution in [-0.2, 0) is 0 Å². The standard InChI is InChI=1S/C10H12FNO/c1-6-4-10-7(5-8(6)11)9(12)2-3-13-10/h4-5,9H,2-3,12H2,1H3/t9-/m0/s1. The summed E-state index contributed by atoms with van der Waals surface area (Å²) >= 11 is 0. The van der Waals surface area contributed by atoms with Crippen LogP contribution in [0.25, 0.3) is 0 Å². The smallest absolute Gasteiger partial charge is 0.126 e. The molecule has 2 N–H and O–H groups in total. The van der Waals surface area contributed by atoms with Crippen molar-refractivity contribution in [2.45, 2.75) is 19.4 Å². The lowest BCUT2D eigenvalue weighted by Gasteiger charge is -2.23. The number of rotatable bonds is 0. The van der Waals surface area contributed by atoms with Crippen LogP contribution in [0.1, 0.15) is 23.6 Å². The average molecular weight is 181 g/mol. The number of aryl methyl sites for hydroxylation is 1. The second-order valence-corrected chi connectivity index (χ2v) is 3.38. The number of nitrogens with two attached hydrogens (primary N) is 1. The maximum Gasteiger partial charge on any atom is 0.126 e. The quantitative estimate of drug-likeness (QED) is 0.663. The van der Waals surface area contributed by atoms with E-state index >= 15 is 0 Å². The van der Waals surface area contributed by atoms with Crippen LogP contribution in [-0.4, -0.2) is 6.61 Å². The van der Waals surface area contributed by atoms with Gasteiger partial charge in [-0.05, 0) is 24.6 Å². The molecule has 0 saturated carbocycles. The predicted octanol–water partition coefficient (Wildman–Crippen LogP) is 1.92. The molecule has 0 unspecified atom stereocenters. The van der Waals surface area contributed by atoms with Crippen molar-refractivity contribution in [2.24, 2.45) is 5.73 Å². The zero-order chi connectivity index (χ0) is 9.42. The average Bonchev–Trinajstić information content (AvgIpc) is 2.09. The van der Waals surface area contributed by atoms with Gasteiger partial charge in [0.15, 0.2) is 0 Å². The highest BCUT2D eigenvalue weighted by atomic mass is 19.1. The summed E-state index contributed by atoms with van der Waals surface area (Å²) < 4.78 is 18.6. The van der Waals surface area contributed by atoms with Crippen molar-refractivity contribution >= 4 is 0 Å². The molecule has 3 heteroatoms. The SMILES string of the molecule is Cc1cc2c(cc1F)[C@@H](N)CCO2. The van der Waals surface area contributed by atoms with Gasteiger partial charge in [-0.3, -0.25) is 0 Å². The van der Waals surface area contributed by atoms with Crippen molar-refractivity contribution in [3.05, 3.63) is 29.1 Å². The van der Waals surface area contributed by atoms with Crippen molar-refractivity contribution in [1.82, 2.24) is 0 Å². The first-order chi connectivity index (χ1) is 6.18. The highest BCUT2D eigenvalue weighted by Crippen LogP contribution is 2.32. The van der Waals surface area contributed by atoms with Crippen LogP contribution in [0, 0.1) is 12.7 Å². The number of hydrogen-bond acceptors (Lipinski definition) is 2. The van der Waals surface area contributed by atoms with Crippen LogP contribution in [0.3, 0.4) is 0 Å². The first-order valence-corrected chi connectivity index (χ1v) is 4.37. The minimum atomic E-state index is -0.209. The zero-order valence-corrected chi connectivity index (χ0v) is 7.51. The Morgan fingerprint density at radius 2 is 2.31 bits per heavy atom. The number of fused-ring (bicyclic) bond motifs is 1. The van der Waals surface area contributed by atoms with E-state index in [4.69, 9.17) is 10.5 Å². The first-order valence-electron chi connectivity index (χ1n) is 4.37. The van der Waals surface area contributed by atoms with E-state index in [0.717, 1.165) is 17.7 Å². The van der Waals surface area contributed by atoms with Gasteiger partial charge in [-0.1, -0.05) is 0 Å². The van der Waals surface area contributed by atoms with E-state index in [1.54, 1.807) is 13.0 Å². The normalized spacial score (nSPS) is 20.7. The molecule has 13 heavy (non-hydrogen) atoms. The summed E-state index contributed by atoms with van der Waals surface area (Å²) in [6.07, 6.45) is 0.759. The second-order valence-electron chi connectivity index (χ2n) is 3.38. The van der Waals surface area contributed by atoms with Crippen molar-refractivity contribution in [2.75, 3.05) is 6.61 Å². The molecule has 0 fully saturated rings. The van der Waals surface area contributed by atoms with Crippen LogP contribution in [0.2, 0.25) is 0 Å². The summed E-state index contributed by atoms with van der Waals surface area (Å²) in [4.78, 5) is 0. The Labute approximate surface area is 76.5 Å². The molecule has 0 spiro atoms. The lowest BCUT2D eigenvalue weighted by molar-refractivity contribution is 0.268. The lowest BCUT2D eigenvalue weighted by Crippen LogP contribution is -2.20. The minimum absolute atomic E-state index is 0.0844. The number of benzene rings is 1. The monoisotopic (exact) mass is 181 g/mol. The summed E-state index contributed by atoms with van der Waals surface area (Å²) in [7, 11) is 0. The maximum atomic E-state index is 13.2. The fourth-order valence-electron chi connectivity index (χ4n) is 1.54. The van der Waals surface area contributed by atoms with Crippen LogP contribution in [0.4, 0.5) is 4.39 Å². The van der Waals surface area contributed by atoms with E-state index in [2.05, 4.69) is 0 Å². The van der Waals surface area contributed by atoms with Gasteiger partial charge >= 0.3 is 0 Å².